The van der Waals surface area contributed by atoms with Crippen molar-refractivity contribution in [2.75, 3.05) is 5.32 Å². The first-order valence-corrected chi connectivity index (χ1v) is 6.28. The standard InChI is InChI=1S/C14H14FN3O3/c1-9(14(19)10-2-4-11(15)5-3-10)17-13-7-6-12(8-16-13)18(20)21/h2-9,14,19H,1H3,(H,16,17)/t9-,14+/m0/s1. The Kier molecular flexibility index (Phi) is 4.44. The number of aliphatic hydroxyl groups is 1. The average molecular weight is 291 g/mol. The number of nitro groups is 1. The van der Waals surface area contributed by atoms with Crippen LogP contribution in [0.1, 0.15) is 18.6 Å². The largest absolute Gasteiger partial charge is 0.386 e. The number of hydrogen-bond acceptors (Lipinski definition) is 5. The second kappa shape index (κ2) is 6.27. The second-order valence-corrected chi connectivity index (χ2v) is 4.59. The Bertz CT molecular complexity index is 616. The van der Waals surface area contributed by atoms with E-state index in [1.807, 2.05) is 0 Å². The highest BCUT2D eigenvalue weighted by Gasteiger charge is 2.17. The van der Waals surface area contributed by atoms with Crippen LogP contribution in [0, 0.1) is 15.9 Å². The molecule has 21 heavy (non-hydrogen) atoms. The zero-order valence-electron chi connectivity index (χ0n) is 11.2. The Labute approximate surface area is 120 Å². The third kappa shape index (κ3) is 3.73. The van der Waals surface area contributed by atoms with E-state index < -0.39 is 17.1 Å². The molecule has 1 aromatic carbocycles. The zero-order chi connectivity index (χ0) is 15.4. The lowest BCUT2D eigenvalue weighted by atomic mass is 10.0. The summed E-state index contributed by atoms with van der Waals surface area (Å²) in [5.41, 5.74) is 0.464. The molecular weight excluding hydrogens is 277 g/mol. The summed E-state index contributed by atoms with van der Waals surface area (Å²) in [7, 11) is 0. The molecule has 1 aromatic heterocycles. The Morgan fingerprint density at radius 1 is 1.29 bits per heavy atom. The van der Waals surface area contributed by atoms with Gasteiger partial charge in [0.1, 0.15) is 17.8 Å². The first-order valence-electron chi connectivity index (χ1n) is 6.28. The molecule has 2 rings (SSSR count). The Morgan fingerprint density at radius 3 is 2.48 bits per heavy atom. The summed E-state index contributed by atoms with van der Waals surface area (Å²) in [5.74, 6) is 0.0397. The number of aromatic nitrogens is 1. The molecule has 0 spiro atoms. The molecule has 0 aliphatic rings. The first kappa shape index (κ1) is 14.9. The van der Waals surface area contributed by atoms with Crippen molar-refractivity contribution in [1.82, 2.24) is 4.98 Å². The van der Waals surface area contributed by atoms with E-state index in [1.54, 1.807) is 6.92 Å². The summed E-state index contributed by atoms with van der Waals surface area (Å²) in [6.45, 7) is 1.73. The average Bonchev–Trinajstić information content (AvgIpc) is 2.47. The molecule has 0 aliphatic heterocycles. The lowest BCUT2D eigenvalue weighted by Gasteiger charge is -2.21. The number of halogens is 1. The van der Waals surface area contributed by atoms with Crippen LogP contribution >= 0.6 is 0 Å². The molecular formula is C14H14FN3O3. The minimum absolute atomic E-state index is 0.104. The fraction of sp³-hybridized carbons (Fsp3) is 0.214. The number of anilines is 1. The van der Waals surface area contributed by atoms with E-state index in [0.717, 1.165) is 6.20 Å². The van der Waals surface area contributed by atoms with Crippen molar-refractivity contribution in [1.29, 1.82) is 0 Å². The van der Waals surface area contributed by atoms with Crippen molar-refractivity contribution in [3.05, 3.63) is 64.1 Å². The molecule has 0 bridgehead atoms. The lowest BCUT2D eigenvalue weighted by molar-refractivity contribution is -0.385. The van der Waals surface area contributed by atoms with Crippen LogP contribution in [0.4, 0.5) is 15.9 Å². The van der Waals surface area contributed by atoms with Crippen molar-refractivity contribution in [3.8, 4) is 0 Å². The van der Waals surface area contributed by atoms with E-state index in [9.17, 15) is 19.6 Å². The van der Waals surface area contributed by atoms with E-state index in [-0.39, 0.29) is 11.5 Å². The van der Waals surface area contributed by atoms with E-state index >= 15 is 0 Å². The smallest absolute Gasteiger partial charge is 0.287 e. The minimum atomic E-state index is -0.859. The van der Waals surface area contributed by atoms with Crippen LogP contribution in [0.2, 0.25) is 0 Å². The number of hydrogen-bond donors (Lipinski definition) is 2. The highest BCUT2D eigenvalue weighted by Crippen LogP contribution is 2.20. The molecule has 0 saturated heterocycles. The molecule has 7 heteroatoms. The van der Waals surface area contributed by atoms with Crippen molar-refractivity contribution in [2.24, 2.45) is 0 Å². The molecule has 0 saturated carbocycles. The first-order chi connectivity index (χ1) is 9.97. The van der Waals surface area contributed by atoms with E-state index in [2.05, 4.69) is 10.3 Å². The summed E-state index contributed by atoms with van der Waals surface area (Å²) < 4.78 is 12.8. The van der Waals surface area contributed by atoms with Crippen LogP contribution in [0.25, 0.3) is 0 Å². The maximum absolute atomic E-state index is 12.8. The van der Waals surface area contributed by atoms with Crippen molar-refractivity contribution < 1.29 is 14.4 Å². The van der Waals surface area contributed by atoms with Gasteiger partial charge < -0.3 is 10.4 Å². The molecule has 2 aromatic rings. The van der Waals surface area contributed by atoms with Crippen LogP contribution in [-0.4, -0.2) is 21.1 Å². The summed E-state index contributed by atoms with van der Waals surface area (Å²) in [6.07, 6.45) is 0.280. The van der Waals surface area contributed by atoms with Gasteiger partial charge in [-0.25, -0.2) is 9.37 Å². The van der Waals surface area contributed by atoms with Gasteiger partial charge in [-0.15, -0.1) is 0 Å². The number of aliphatic hydroxyl groups excluding tert-OH is 1. The lowest BCUT2D eigenvalue weighted by Crippen LogP contribution is -2.24. The maximum atomic E-state index is 12.8. The zero-order valence-corrected chi connectivity index (χ0v) is 11.2. The third-order valence-electron chi connectivity index (χ3n) is 3.02. The molecule has 2 atom stereocenters. The normalized spacial score (nSPS) is 13.5. The predicted molar refractivity (Wildman–Crippen MR) is 75.3 cm³/mol. The van der Waals surface area contributed by atoms with E-state index in [4.69, 9.17) is 0 Å². The molecule has 0 radical (unpaired) electrons. The van der Waals surface area contributed by atoms with Gasteiger partial charge in [0.05, 0.1) is 17.1 Å². The molecule has 110 valence electrons. The Hall–Kier alpha value is -2.54. The van der Waals surface area contributed by atoms with Gasteiger partial charge in [-0.3, -0.25) is 10.1 Å². The molecule has 6 nitrogen and oxygen atoms in total. The number of rotatable bonds is 5. The number of pyridine rings is 1. The van der Waals surface area contributed by atoms with Gasteiger partial charge in [-0.05, 0) is 30.7 Å². The Balaban J connectivity index is 2.04. The van der Waals surface area contributed by atoms with Crippen molar-refractivity contribution in [2.45, 2.75) is 19.1 Å². The van der Waals surface area contributed by atoms with Gasteiger partial charge in [-0.2, -0.15) is 0 Å². The highest BCUT2D eigenvalue weighted by molar-refractivity contribution is 5.41. The third-order valence-corrected chi connectivity index (χ3v) is 3.02. The second-order valence-electron chi connectivity index (χ2n) is 4.59. The maximum Gasteiger partial charge on any atom is 0.287 e. The fourth-order valence-electron chi connectivity index (χ4n) is 1.84. The van der Waals surface area contributed by atoms with Gasteiger partial charge in [0.25, 0.3) is 5.69 Å². The van der Waals surface area contributed by atoms with Crippen LogP contribution < -0.4 is 5.32 Å². The number of nitrogens with zero attached hydrogens (tertiary/aromatic N) is 2. The molecule has 1 heterocycles. The Morgan fingerprint density at radius 2 is 1.95 bits per heavy atom. The molecule has 0 amide bonds. The molecule has 0 aliphatic carbocycles. The van der Waals surface area contributed by atoms with Crippen molar-refractivity contribution in [3.63, 3.8) is 0 Å². The van der Waals surface area contributed by atoms with Gasteiger partial charge >= 0.3 is 0 Å². The van der Waals surface area contributed by atoms with Crippen LogP contribution in [0.5, 0.6) is 0 Å². The quantitative estimate of drug-likeness (QED) is 0.653. The van der Waals surface area contributed by atoms with Gasteiger partial charge in [-0.1, -0.05) is 12.1 Å². The van der Waals surface area contributed by atoms with E-state index in [0.29, 0.717) is 11.4 Å². The van der Waals surface area contributed by atoms with Crippen LogP contribution in [0.3, 0.4) is 0 Å². The van der Waals surface area contributed by atoms with Gasteiger partial charge in [0, 0.05) is 6.07 Å². The fourth-order valence-corrected chi connectivity index (χ4v) is 1.84. The van der Waals surface area contributed by atoms with E-state index in [1.165, 1.54) is 36.4 Å². The minimum Gasteiger partial charge on any atom is -0.386 e. The van der Waals surface area contributed by atoms with Gasteiger partial charge in [0.15, 0.2) is 0 Å². The van der Waals surface area contributed by atoms with Crippen molar-refractivity contribution >= 4 is 11.5 Å². The van der Waals surface area contributed by atoms with Crippen LogP contribution in [-0.2, 0) is 0 Å². The summed E-state index contributed by atoms with van der Waals surface area (Å²) in [6, 6.07) is 7.94. The summed E-state index contributed by atoms with van der Waals surface area (Å²) >= 11 is 0. The molecule has 2 N–H and O–H groups in total. The predicted octanol–water partition coefficient (Wildman–Crippen LogP) is 2.66. The number of benzene rings is 1. The van der Waals surface area contributed by atoms with Gasteiger partial charge in [0.2, 0.25) is 0 Å². The van der Waals surface area contributed by atoms with Crippen LogP contribution in [0.15, 0.2) is 42.6 Å². The number of nitrogens with one attached hydrogen (secondary N) is 1. The SMILES string of the molecule is C[C@H](Nc1ccc([N+](=O)[O-])cn1)[C@@H](O)c1ccc(F)cc1. The monoisotopic (exact) mass is 291 g/mol. The topological polar surface area (TPSA) is 88.3 Å². The summed E-state index contributed by atoms with van der Waals surface area (Å²) in [5, 5.41) is 23.6. The summed E-state index contributed by atoms with van der Waals surface area (Å²) in [4.78, 5) is 13.9. The molecule has 0 unspecified atom stereocenters. The molecule has 0 fully saturated rings. The highest BCUT2D eigenvalue weighted by atomic mass is 19.1.